The number of hydrogen-bond donors (Lipinski definition) is 1. The number of hydrogen-bond acceptors (Lipinski definition) is 3. The topological polar surface area (TPSA) is 46.5 Å². The zero-order valence-corrected chi connectivity index (χ0v) is 8.50. The van der Waals surface area contributed by atoms with Gasteiger partial charge in [0.1, 0.15) is 12.3 Å². The lowest BCUT2D eigenvalue weighted by atomic mass is 10.1. The van der Waals surface area contributed by atoms with Gasteiger partial charge >= 0.3 is 5.97 Å². The van der Waals surface area contributed by atoms with E-state index in [1.165, 1.54) is 6.92 Å². The molecule has 0 aromatic heterocycles. The van der Waals surface area contributed by atoms with E-state index in [0.29, 0.717) is 0 Å². The van der Waals surface area contributed by atoms with Crippen LogP contribution in [0.3, 0.4) is 0 Å². The first-order valence-electron chi connectivity index (χ1n) is 4.25. The Bertz CT molecular complexity index is 174. The van der Waals surface area contributed by atoms with E-state index in [1.807, 2.05) is 0 Å². The first kappa shape index (κ1) is 12.4. The molecule has 0 aliphatic carbocycles. The van der Waals surface area contributed by atoms with Gasteiger partial charge in [0.15, 0.2) is 0 Å². The molecule has 0 rings (SSSR count). The van der Waals surface area contributed by atoms with Gasteiger partial charge in [0.2, 0.25) is 0 Å². The fraction of sp³-hybridized carbons (Fsp3) is 0.889. The average Bonchev–Trinajstić information content (AvgIpc) is 1.98. The summed E-state index contributed by atoms with van der Waals surface area (Å²) < 4.78 is 16.9. The van der Waals surface area contributed by atoms with Crippen LogP contribution in [0.25, 0.3) is 0 Å². The van der Waals surface area contributed by atoms with E-state index in [1.54, 1.807) is 20.8 Å². The lowest BCUT2D eigenvalue weighted by Gasteiger charge is -2.23. The first-order chi connectivity index (χ1) is 5.78. The molecular weight excluding hydrogens is 175 g/mol. The second-order valence-electron chi connectivity index (χ2n) is 4.04. The molecule has 0 aliphatic rings. The van der Waals surface area contributed by atoms with Crippen LogP contribution in [0.1, 0.15) is 27.7 Å². The minimum absolute atomic E-state index is 0.572. The second kappa shape index (κ2) is 4.56. The lowest BCUT2D eigenvalue weighted by molar-refractivity contribution is -0.163. The van der Waals surface area contributed by atoms with E-state index in [-0.39, 0.29) is 0 Å². The Balaban J connectivity index is 4.12. The smallest absolute Gasteiger partial charge is 0.311 e. The largest absolute Gasteiger partial charge is 0.460 e. The molecule has 1 N–H and O–H groups in total. The van der Waals surface area contributed by atoms with Crippen LogP contribution in [0.2, 0.25) is 0 Å². The van der Waals surface area contributed by atoms with Gasteiger partial charge in [-0.05, 0) is 27.7 Å². The zero-order chi connectivity index (χ0) is 10.6. The predicted octanol–water partition coefficient (Wildman–Crippen LogP) is 1.29. The van der Waals surface area contributed by atoms with Crippen molar-refractivity contribution in [2.75, 3.05) is 6.67 Å². The Morgan fingerprint density at radius 1 is 1.54 bits per heavy atom. The van der Waals surface area contributed by atoms with Crippen molar-refractivity contribution >= 4 is 5.97 Å². The summed E-state index contributed by atoms with van der Waals surface area (Å²) in [4.78, 5) is 11.2. The normalized spacial score (nSPS) is 16.5. The Morgan fingerprint density at radius 2 is 2.00 bits per heavy atom. The minimum atomic E-state index is -1.27. The number of aliphatic hydroxyl groups is 1. The molecule has 3 nitrogen and oxygen atoms in total. The Morgan fingerprint density at radius 3 is 2.31 bits per heavy atom. The van der Waals surface area contributed by atoms with E-state index >= 15 is 0 Å². The van der Waals surface area contributed by atoms with Crippen molar-refractivity contribution in [2.24, 2.45) is 5.92 Å². The summed E-state index contributed by atoms with van der Waals surface area (Å²) in [5.41, 5.74) is -0.596. The standard InChI is InChI=1S/C9H17FO3/c1-6(7(11)5-10)8(12)13-9(2,3)4/h6-7,11H,5H2,1-4H3. The Labute approximate surface area is 77.9 Å². The maximum Gasteiger partial charge on any atom is 0.311 e. The molecule has 0 amide bonds. The summed E-state index contributed by atoms with van der Waals surface area (Å²) in [5.74, 6) is -1.39. The Kier molecular flexibility index (Phi) is 4.33. The summed E-state index contributed by atoms with van der Waals surface area (Å²) >= 11 is 0. The fourth-order valence-electron chi connectivity index (χ4n) is 0.685. The summed E-state index contributed by atoms with van der Waals surface area (Å²) in [6.07, 6.45) is -1.27. The lowest BCUT2D eigenvalue weighted by Crippen LogP contribution is -2.34. The molecule has 0 aliphatic heterocycles. The summed E-state index contributed by atoms with van der Waals surface area (Å²) in [7, 11) is 0. The van der Waals surface area contributed by atoms with Gasteiger partial charge in [-0.3, -0.25) is 4.79 Å². The monoisotopic (exact) mass is 192 g/mol. The molecule has 2 unspecified atom stereocenters. The van der Waals surface area contributed by atoms with Crippen molar-refractivity contribution in [1.82, 2.24) is 0 Å². The van der Waals surface area contributed by atoms with Crippen molar-refractivity contribution in [3.05, 3.63) is 0 Å². The van der Waals surface area contributed by atoms with Crippen LogP contribution in [0.5, 0.6) is 0 Å². The molecule has 4 heteroatoms. The molecule has 13 heavy (non-hydrogen) atoms. The summed E-state index contributed by atoms with van der Waals surface area (Å²) in [6, 6.07) is 0. The third-order valence-corrected chi connectivity index (χ3v) is 1.51. The van der Waals surface area contributed by atoms with E-state index in [2.05, 4.69) is 0 Å². The number of esters is 1. The molecule has 0 aromatic rings. The number of halogens is 1. The van der Waals surface area contributed by atoms with Crippen molar-refractivity contribution in [3.63, 3.8) is 0 Å². The van der Waals surface area contributed by atoms with Crippen LogP contribution in [-0.4, -0.2) is 29.5 Å². The first-order valence-corrected chi connectivity index (χ1v) is 4.25. The van der Waals surface area contributed by atoms with Crippen molar-refractivity contribution < 1.29 is 19.0 Å². The van der Waals surface area contributed by atoms with Crippen molar-refractivity contribution in [2.45, 2.75) is 39.4 Å². The van der Waals surface area contributed by atoms with Gasteiger partial charge in [-0.15, -0.1) is 0 Å². The maximum atomic E-state index is 12.0. The third-order valence-electron chi connectivity index (χ3n) is 1.51. The number of ether oxygens (including phenoxy) is 1. The number of aliphatic hydroxyl groups excluding tert-OH is 1. The predicted molar refractivity (Wildman–Crippen MR) is 47.0 cm³/mol. The molecule has 0 bridgehead atoms. The molecule has 0 aromatic carbocycles. The van der Waals surface area contributed by atoms with Crippen LogP contribution in [0.4, 0.5) is 4.39 Å². The van der Waals surface area contributed by atoms with Gasteiger partial charge in [0, 0.05) is 0 Å². The van der Waals surface area contributed by atoms with Crippen LogP contribution in [0, 0.1) is 5.92 Å². The minimum Gasteiger partial charge on any atom is -0.460 e. The molecule has 0 spiro atoms. The molecular formula is C9H17FO3. The quantitative estimate of drug-likeness (QED) is 0.685. The highest BCUT2D eigenvalue weighted by atomic mass is 19.1. The number of carbonyl (C=O) groups excluding carboxylic acids is 1. The highest BCUT2D eigenvalue weighted by Crippen LogP contribution is 2.13. The molecule has 0 fully saturated rings. The van der Waals surface area contributed by atoms with Crippen LogP contribution >= 0.6 is 0 Å². The van der Waals surface area contributed by atoms with Gasteiger partial charge in [-0.2, -0.15) is 0 Å². The SMILES string of the molecule is CC(C(=O)OC(C)(C)C)C(O)CF. The fourth-order valence-corrected chi connectivity index (χ4v) is 0.685. The Hall–Kier alpha value is -0.640. The second-order valence-corrected chi connectivity index (χ2v) is 4.04. The van der Waals surface area contributed by atoms with Gasteiger partial charge in [-0.25, -0.2) is 4.39 Å². The summed E-state index contributed by atoms with van der Waals surface area (Å²) in [5, 5.41) is 9.02. The van der Waals surface area contributed by atoms with Crippen molar-refractivity contribution in [1.29, 1.82) is 0 Å². The highest BCUT2D eigenvalue weighted by molar-refractivity contribution is 5.73. The van der Waals surface area contributed by atoms with Gasteiger partial charge in [0.25, 0.3) is 0 Å². The number of alkyl halides is 1. The van der Waals surface area contributed by atoms with E-state index in [4.69, 9.17) is 9.84 Å². The molecule has 0 heterocycles. The van der Waals surface area contributed by atoms with Gasteiger partial charge in [0.05, 0.1) is 12.0 Å². The third kappa shape index (κ3) is 4.83. The summed E-state index contributed by atoms with van der Waals surface area (Å²) in [6.45, 7) is 5.68. The van der Waals surface area contributed by atoms with Crippen molar-refractivity contribution in [3.8, 4) is 0 Å². The van der Waals surface area contributed by atoms with E-state index in [0.717, 1.165) is 0 Å². The van der Waals surface area contributed by atoms with Crippen LogP contribution in [0.15, 0.2) is 0 Å². The van der Waals surface area contributed by atoms with Gasteiger partial charge < -0.3 is 9.84 Å². The van der Waals surface area contributed by atoms with Crippen LogP contribution in [-0.2, 0) is 9.53 Å². The van der Waals surface area contributed by atoms with E-state index in [9.17, 15) is 9.18 Å². The number of carbonyl (C=O) groups is 1. The highest BCUT2D eigenvalue weighted by Gasteiger charge is 2.26. The molecule has 0 radical (unpaired) electrons. The van der Waals surface area contributed by atoms with Crippen LogP contribution < -0.4 is 0 Å². The average molecular weight is 192 g/mol. The molecule has 2 atom stereocenters. The zero-order valence-electron chi connectivity index (χ0n) is 8.50. The number of rotatable bonds is 3. The molecule has 0 saturated carbocycles. The van der Waals surface area contributed by atoms with E-state index < -0.39 is 30.3 Å². The van der Waals surface area contributed by atoms with Gasteiger partial charge in [-0.1, -0.05) is 0 Å². The maximum absolute atomic E-state index is 12.0. The molecule has 78 valence electrons. The molecule has 0 saturated heterocycles.